The molecule has 2 aliphatic heterocycles. The number of β-lactam (4-membered cyclic amide) rings is 1. The predicted octanol–water partition coefficient (Wildman–Crippen LogP) is 21.7. The molecular weight excluding hydrogens is 1890 g/mol. The van der Waals surface area contributed by atoms with Gasteiger partial charge in [0.25, 0.3) is 0 Å². The number of cyclic esters (lactones) is 1. The first-order valence-electron chi connectivity index (χ1n) is 42.8. The zero-order chi connectivity index (χ0) is 98.7. The van der Waals surface area contributed by atoms with Crippen LogP contribution < -0.4 is 29.2 Å². The number of aromatic hydroxyl groups is 1. The van der Waals surface area contributed by atoms with Crippen molar-refractivity contribution in [2.24, 2.45) is 16.8 Å². The number of amides is 3. The Kier molecular flexibility index (Phi) is 48.8. The van der Waals surface area contributed by atoms with Crippen molar-refractivity contribution in [2.45, 2.75) is 69.9 Å². The zero-order valence-electron chi connectivity index (χ0n) is 74.3. The molecule has 0 saturated carbocycles. The van der Waals surface area contributed by atoms with Crippen LogP contribution in [0.3, 0.4) is 0 Å². The molecule has 11 aromatic rings. The first kappa shape index (κ1) is 111. The normalized spacial score (nSPS) is 14.0. The molecule has 7 atom stereocenters. The van der Waals surface area contributed by atoms with Gasteiger partial charge in [0.05, 0.1) is 47.9 Å². The molecule has 2 heterocycles. The third kappa shape index (κ3) is 39.8. The van der Waals surface area contributed by atoms with Crippen molar-refractivity contribution >= 4 is 115 Å². The Balaban J connectivity index is 0.000000253. The summed E-state index contributed by atoms with van der Waals surface area (Å²) in [4.78, 5) is 115. The van der Waals surface area contributed by atoms with Crippen LogP contribution >= 0.6 is 37.2 Å². The number of carbonyl (C=O) groups is 9. The number of hydrogen-bond acceptors (Lipinski definition) is 23. The number of aliphatic imine (C=N–C) groups is 1. The number of aldehydes is 2. The summed E-state index contributed by atoms with van der Waals surface area (Å²) < 4.78 is 73.3. The molecule has 0 aliphatic carbocycles. The molecule has 11 aromatic carbocycles. The van der Waals surface area contributed by atoms with Gasteiger partial charge in [0.15, 0.2) is 26.4 Å². The van der Waals surface area contributed by atoms with Gasteiger partial charge in [0, 0.05) is 28.7 Å². The summed E-state index contributed by atoms with van der Waals surface area (Å²) in [5.74, 6) is -2.11. The van der Waals surface area contributed by atoms with E-state index >= 15 is 0 Å². The van der Waals surface area contributed by atoms with Crippen molar-refractivity contribution in [3.8, 4) is 28.7 Å². The quantitative estimate of drug-likeness (QED) is 0.00526. The van der Waals surface area contributed by atoms with Crippen LogP contribution in [0.4, 0.5) is 30.6 Å². The van der Waals surface area contributed by atoms with Gasteiger partial charge in [-0.05, 0) is 223 Å². The SMILES string of the molecule is C.C=CCOC(=O)COc1ccc(C=Nc2ccccc2)cc1.C=CCOC(=O)COc1ccc(C=O)cc1.C=CCOC(=O)COc1ccc([C@@H](Nc2ccccc2)[C@@H](CC[C@H](O)c2ccc(F)cc2)C(=O)N2C(=O)OC[C@@H]2Cc2ccccc2)cc1.C=CCOC(=O)COc1ccc([C@@H]2[C@@H](CC[C@H](O)c3ccc(F)cc3)C(=O)N2c2ccccc2)cc1.O=Cc1ccc(O)cc1.[Cl][Ti]([Cl])([Cl])[Cl]. The second-order valence-electron chi connectivity index (χ2n) is 29.8. The van der Waals surface area contributed by atoms with E-state index in [1.807, 2.05) is 146 Å². The number of carbonyl (C=O) groups excluding carboxylic acids is 9. The topological polar surface area (TPSA) is 328 Å². The number of phenolic OH excluding ortho intramolecular Hbond substituents is 1. The number of aliphatic hydroxyl groups excluding tert-OH is 2. The standard InChI is InChI=1S/C39H39FN2O7.C29H28FNO5.C18H17NO3.C12H12O4.C7H6O2.CH4.4ClH.Ti/c1-2-23-47-36(44)26-48-33-19-15-29(16-20-33)37(41-31-11-7-4-8-12-31)34(21-22-35(43)28-13-17-30(40)18-14-28)38(45)42-32(25-49-39(42)46)24-27-9-5-3-6-10-27;1-2-18-35-27(33)19-36-24-14-10-21(11-15-24)28-25(29(34)31(28)23-6-4-3-5-7-23)16-17-26(32)20-8-12-22(30)13-9-20;1-2-12-21-18(20)14-22-17-10-8-15(9-11-17)13-19-16-6-4-3-5-7-16;1-2-7-15-12(14)9-16-11-5-3-10(8-13)4-6-11;8-5-6-1-3-7(9)4-2-6;;;;;;/h2-20,32,34-35,37,41,43H,1,21-26H2;2-15,25-26,28,32H,1,16-19H2;2-11,13H,1,12,14H2;2-6,8H,1,7,9H2;1-5,9H;1H4;4*1H;/q;;;;;;;;;;+4/p-4/t32-,34+,35-,37+;25-,26+,28-;;;;;;;;;/m01........./s1. The average molecular weight is 2000 g/mol. The maximum atomic E-state index is 14.7. The molecule has 722 valence electrons. The van der Waals surface area contributed by atoms with Gasteiger partial charge in [-0.25, -0.2) is 37.7 Å². The maximum absolute atomic E-state index is 14.7. The number of phenols is 1. The van der Waals surface area contributed by atoms with Gasteiger partial charge in [0.2, 0.25) is 11.8 Å². The number of aliphatic hydroxyl groups is 2. The summed E-state index contributed by atoms with van der Waals surface area (Å²) in [7, 11) is 20.1. The van der Waals surface area contributed by atoms with Crippen LogP contribution in [-0.4, -0.2) is 146 Å². The first-order valence-corrected chi connectivity index (χ1v) is 51.4. The van der Waals surface area contributed by atoms with Crippen LogP contribution in [0.5, 0.6) is 28.7 Å². The number of nitrogens with one attached hydrogen (secondary N) is 1. The number of anilines is 2. The second-order valence-corrected chi connectivity index (χ2v) is 45.2. The van der Waals surface area contributed by atoms with Crippen LogP contribution in [0.15, 0.2) is 347 Å². The van der Waals surface area contributed by atoms with Crippen molar-refractivity contribution in [1.29, 1.82) is 0 Å². The Morgan fingerprint density at radius 3 is 1.29 bits per heavy atom. The van der Waals surface area contributed by atoms with E-state index in [-0.39, 0.29) is 109 Å². The van der Waals surface area contributed by atoms with Gasteiger partial charge >= 0.3 is 79.5 Å². The number of hydrogen-bond donors (Lipinski definition) is 4. The molecule has 2 saturated heterocycles. The third-order valence-electron chi connectivity index (χ3n) is 20.0. The van der Waals surface area contributed by atoms with Crippen molar-refractivity contribution in [3.05, 3.63) is 398 Å². The number of ether oxygens (including phenoxy) is 9. The number of para-hydroxylation sites is 3. The molecule has 2 fully saturated rings. The first-order chi connectivity index (χ1) is 66.1. The molecule has 32 heteroatoms. The Labute approximate surface area is 819 Å². The van der Waals surface area contributed by atoms with Crippen LogP contribution in [0, 0.1) is 23.5 Å². The molecule has 0 bridgehead atoms. The molecule has 0 unspecified atom stereocenters. The van der Waals surface area contributed by atoms with E-state index in [2.05, 4.69) is 36.6 Å². The Morgan fingerprint density at radius 2 is 0.862 bits per heavy atom. The van der Waals surface area contributed by atoms with Gasteiger partial charge in [-0.3, -0.25) is 24.2 Å². The monoisotopic (exact) mass is 2000 g/mol. The van der Waals surface area contributed by atoms with Crippen LogP contribution in [0.25, 0.3) is 0 Å². The Hall–Kier alpha value is -13.9. The summed E-state index contributed by atoms with van der Waals surface area (Å²) in [6.07, 6.45) is 8.27. The number of esters is 4. The molecule has 0 radical (unpaired) electrons. The number of imide groups is 1. The minimum atomic E-state index is -3.11. The summed E-state index contributed by atoms with van der Waals surface area (Å²) in [6.45, 7) is 13.8. The molecule has 0 spiro atoms. The van der Waals surface area contributed by atoms with E-state index in [1.54, 1.807) is 108 Å². The fourth-order valence-corrected chi connectivity index (χ4v) is 13.4. The third-order valence-corrected chi connectivity index (χ3v) is 20.0. The number of halogens is 6. The van der Waals surface area contributed by atoms with Crippen LogP contribution in [-0.2, 0) is 71.2 Å². The molecule has 0 aromatic heterocycles. The van der Waals surface area contributed by atoms with E-state index < -0.39 is 84.3 Å². The van der Waals surface area contributed by atoms with E-state index in [1.165, 1.54) is 77.7 Å². The van der Waals surface area contributed by atoms with E-state index in [0.29, 0.717) is 70.1 Å². The Morgan fingerprint density at radius 1 is 0.486 bits per heavy atom. The van der Waals surface area contributed by atoms with Crippen molar-refractivity contribution in [1.82, 2.24) is 4.90 Å². The molecule has 138 heavy (non-hydrogen) atoms. The second kappa shape index (κ2) is 60.6. The average Bonchev–Trinajstić information content (AvgIpc) is 0.792. The van der Waals surface area contributed by atoms with Gasteiger partial charge in [-0.1, -0.05) is 192 Å². The van der Waals surface area contributed by atoms with E-state index in [0.717, 1.165) is 46.3 Å². The summed E-state index contributed by atoms with van der Waals surface area (Å²) in [5.41, 5.74) is 8.21. The summed E-state index contributed by atoms with van der Waals surface area (Å²) in [6, 6.07) is 82.0. The number of rotatable bonds is 41. The van der Waals surface area contributed by atoms with Gasteiger partial charge < -0.3 is 68.2 Å². The van der Waals surface area contributed by atoms with E-state index in [4.69, 9.17) is 85.0 Å². The summed E-state index contributed by atoms with van der Waals surface area (Å²) >= 11 is -3.11. The van der Waals surface area contributed by atoms with E-state index in [9.17, 15) is 62.1 Å². The van der Waals surface area contributed by atoms with Crippen LogP contribution in [0.1, 0.15) is 111 Å². The number of nitrogens with zero attached hydrogens (tertiary/aromatic N) is 3. The van der Waals surface area contributed by atoms with Gasteiger partial charge in [-0.2, -0.15) is 0 Å². The number of benzene rings is 11. The molecule has 25 nitrogen and oxygen atoms in total. The molecule has 13 rings (SSSR count). The Bertz CT molecular complexity index is 5650. The fraction of sp³-hybridized carbons (Fsp3) is 0.208. The predicted molar refractivity (Wildman–Crippen MR) is 525 cm³/mol. The van der Waals surface area contributed by atoms with Crippen LogP contribution in [0.2, 0.25) is 0 Å². The molecule has 3 amide bonds. The van der Waals surface area contributed by atoms with Crippen molar-refractivity contribution in [2.75, 3.05) is 69.7 Å². The molecule has 4 N–H and O–H groups in total. The van der Waals surface area contributed by atoms with Crippen molar-refractivity contribution in [3.63, 3.8) is 0 Å². The minimum absolute atomic E-state index is 0. The summed E-state index contributed by atoms with van der Waals surface area (Å²) in [5, 5.41) is 33.9. The molecule has 2 aliphatic rings. The van der Waals surface area contributed by atoms with Gasteiger partial charge in [0.1, 0.15) is 86.0 Å². The fourth-order valence-electron chi connectivity index (χ4n) is 13.4. The van der Waals surface area contributed by atoms with Crippen molar-refractivity contribution < 1.29 is 122 Å². The van der Waals surface area contributed by atoms with Gasteiger partial charge in [-0.15, -0.1) is 0 Å². The zero-order valence-corrected chi connectivity index (χ0v) is 78.9. The molecular formula is C106H106Cl4F2N4O21Ti.